The summed E-state index contributed by atoms with van der Waals surface area (Å²) in [7, 11) is 1.71. The Morgan fingerprint density at radius 1 is 1.08 bits per heavy atom. The summed E-state index contributed by atoms with van der Waals surface area (Å²) in [5.74, 6) is 0.441. The van der Waals surface area contributed by atoms with Crippen molar-refractivity contribution in [3.63, 3.8) is 0 Å². The molecule has 0 radical (unpaired) electrons. The molecule has 4 aromatic rings. The van der Waals surface area contributed by atoms with E-state index in [2.05, 4.69) is 20.5 Å². The number of para-hydroxylation sites is 1. The molecule has 0 saturated carbocycles. The first-order valence-corrected chi connectivity index (χ1v) is 7.93. The monoisotopic (exact) mass is 352 g/mol. The molecule has 0 bridgehead atoms. The van der Waals surface area contributed by atoms with Crippen molar-refractivity contribution in [2.45, 2.75) is 0 Å². The zero-order valence-corrected chi connectivity index (χ0v) is 14.0. The highest BCUT2D eigenvalue weighted by molar-refractivity contribution is 6.31. The predicted molar refractivity (Wildman–Crippen MR) is 96.8 cm³/mol. The molecule has 0 saturated heterocycles. The largest absolute Gasteiger partial charge is 0.372 e. The van der Waals surface area contributed by atoms with Crippen LogP contribution < -0.4 is 11.0 Å². The molecule has 0 aliphatic carbocycles. The van der Waals surface area contributed by atoms with Gasteiger partial charge in [-0.15, -0.1) is 0 Å². The van der Waals surface area contributed by atoms with E-state index in [1.165, 1.54) is 9.36 Å². The fraction of sp³-hybridized carbons (Fsp3) is 0.0588. The van der Waals surface area contributed by atoms with Gasteiger partial charge in [-0.3, -0.25) is 4.57 Å². The Bertz CT molecular complexity index is 1110. The molecule has 1 N–H and O–H groups in total. The van der Waals surface area contributed by atoms with Crippen LogP contribution in [0.1, 0.15) is 0 Å². The van der Waals surface area contributed by atoms with Gasteiger partial charge in [-0.1, -0.05) is 29.8 Å². The fourth-order valence-corrected chi connectivity index (χ4v) is 3.01. The highest BCUT2D eigenvalue weighted by Crippen LogP contribution is 2.30. The third-order valence-corrected chi connectivity index (χ3v) is 4.04. The SMILES string of the molecule is CNc1nc(=O)n(-c2ccccc2)c2cc(Cl)cc(-n3nccn3)c12. The van der Waals surface area contributed by atoms with Crippen LogP contribution in [0, 0.1) is 0 Å². The molecule has 2 aromatic carbocycles. The topological polar surface area (TPSA) is 77.6 Å². The minimum Gasteiger partial charge on any atom is -0.372 e. The Hall–Kier alpha value is -3.19. The fourth-order valence-electron chi connectivity index (χ4n) is 2.81. The van der Waals surface area contributed by atoms with Gasteiger partial charge >= 0.3 is 5.69 Å². The van der Waals surface area contributed by atoms with Crippen LogP contribution in [0.4, 0.5) is 5.82 Å². The van der Waals surface area contributed by atoms with Gasteiger partial charge < -0.3 is 5.32 Å². The number of fused-ring (bicyclic) bond motifs is 1. The lowest BCUT2D eigenvalue weighted by atomic mass is 10.1. The highest BCUT2D eigenvalue weighted by atomic mass is 35.5. The normalized spacial score (nSPS) is 11.0. The van der Waals surface area contributed by atoms with Crippen LogP contribution in [0.25, 0.3) is 22.3 Å². The Morgan fingerprint density at radius 2 is 1.80 bits per heavy atom. The van der Waals surface area contributed by atoms with E-state index in [1.807, 2.05) is 30.3 Å². The summed E-state index contributed by atoms with van der Waals surface area (Å²) in [5, 5.41) is 12.5. The average Bonchev–Trinajstić information content (AvgIpc) is 3.15. The van der Waals surface area contributed by atoms with Crippen LogP contribution in [0.15, 0.2) is 59.7 Å². The van der Waals surface area contributed by atoms with Crippen molar-refractivity contribution in [3.8, 4) is 11.4 Å². The van der Waals surface area contributed by atoms with Gasteiger partial charge in [0.1, 0.15) is 11.5 Å². The van der Waals surface area contributed by atoms with Gasteiger partial charge in [0.15, 0.2) is 0 Å². The molecule has 0 aliphatic rings. The Kier molecular flexibility index (Phi) is 3.70. The third-order valence-electron chi connectivity index (χ3n) is 3.82. The minimum atomic E-state index is -0.398. The van der Waals surface area contributed by atoms with E-state index < -0.39 is 5.69 Å². The second-order valence-electron chi connectivity index (χ2n) is 5.30. The van der Waals surface area contributed by atoms with E-state index in [1.54, 1.807) is 31.6 Å². The maximum Gasteiger partial charge on any atom is 0.354 e. The molecule has 0 amide bonds. The molecule has 25 heavy (non-hydrogen) atoms. The van der Waals surface area contributed by atoms with Crippen LogP contribution in [0.3, 0.4) is 0 Å². The van der Waals surface area contributed by atoms with Crippen molar-refractivity contribution in [3.05, 3.63) is 70.4 Å². The second-order valence-corrected chi connectivity index (χ2v) is 5.74. The number of halogens is 1. The van der Waals surface area contributed by atoms with E-state index in [0.717, 1.165) is 0 Å². The summed E-state index contributed by atoms with van der Waals surface area (Å²) < 4.78 is 1.52. The molecule has 0 fully saturated rings. The molecule has 0 aliphatic heterocycles. The summed E-state index contributed by atoms with van der Waals surface area (Å²) in [4.78, 5) is 18.3. The van der Waals surface area contributed by atoms with Crippen molar-refractivity contribution >= 4 is 28.3 Å². The quantitative estimate of drug-likeness (QED) is 0.613. The molecule has 0 spiro atoms. The molecule has 2 heterocycles. The first-order chi connectivity index (χ1) is 12.2. The van der Waals surface area contributed by atoms with Gasteiger partial charge in [0, 0.05) is 12.1 Å². The molecular formula is C17H13ClN6O. The molecule has 7 nitrogen and oxygen atoms in total. The molecule has 0 unspecified atom stereocenters. The smallest absolute Gasteiger partial charge is 0.354 e. The summed E-state index contributed by atoms with van der Waals surface area (Å²) in [6.45, 7) is 0. The zero-order valence-electron chi connectivity index (χ0n) is 13.2. The van der Waals surface area contributed by atoms with Crippen molar-refractivity contribution < 1.29 is 0 Å². The number of anilines is 1. The van der Waals surface area contributed by atoms with Crippen LogP contribution in [-0.4, -0.2) is 31.6 Å². The van der Waals surface area contributed by atoms with E-state index in [-0.39, 0.29) is 0 Å². The van der Waals surface area contributed by atoms with Gasteiger partial charge in [0.05, 0.1) is 29.0 Å². The van der Waals surface area contributed by atoms with Crippen LogP contribution in [0.5, 0.6) is 0 Å². The Morgan fingerprint density at radius 3 is 2.48 bits per heavy atom. The standard InChI is InChI=1S/C17H13ClN6O/c1-19-16-15-13(9-11(18)10-14(15)24-20-7-8-21-24)23(17(25)22-16)12-5-3-2-4-6-12/h2-10H,1H3,(H,19,22,25). The lowest BCUT2D eigenvalue weighted by Crippen LogP contribution is -2.23. The summed E-state index contributed by atoms with van der Waals surface area (Å²) in [6, 6.07) is 12.8. The summed E-state index contributed by atoms with van der Waals surface area (Å²) >= 11 is 6.32. The number of nitrogens with zero attached hydrogens (tertiary/aromatic N) is 5. The first-order valence-electron chi connectivity index (χ1n) is 7.55. The number of benzene rings is 2. The van der Waals surface area contributed by atoms with Gasteiger partial charge in [-0.2, -0.15) is 20.0 Å². The van der Waals surface area contributed by atoms with Crippen LogP contribution >= 0.6 is 11.6 Å². The van der Waals surface area contributed by atoms with E-state index in [9.17, 15) is 4.79 Å². The van der Waals surface area contributed by atoms with Crippen molar-refractivity contribution in [2.75, 3.05) is 12.4 Å². The van der Waals surface area contributed by atoms with Gasteiger partial charge in [-0.25, -0.2) is 4.79 Å². The molecule has 8 heteroatoms. The number of hydrogen-bond acceptors (Lipinski definition) is 5. The van der Waals surface area contributed by atoms with E-state index in [4.69, 9.17) is 11.6 Å². The van der Waals surface area contributed by atoms with Crippen LogP contribution in [0.2, 0.25) is 5.02 Å². The Balaban J connectivity index is 2.19. The van der Waals surface area contributed by atoms with E-state index in [0.29, 0.717) is 33.1 Å². The maximum absolute atomic E-state index is 12.7. The van der Waals surface area contributed by atoms with Crippen molar-refractivity contribution in [2.24, 2.45) is 0 Å². The number of hydrogen-bond donors (Lipinski definition) is 1. The number of rotatable bonds is 3. The molecule has 0 atom stereocenters. The van der Waals surface area contributed by atoms with Crippen molar-refractivity contribution in [1.82, 2.24) is 24.5 Å². The summed E-state index contributed by atoms with van der Waals surface area (Å²) in [6.07, 6.45) is 3.15. The highest BCUT2D eigenvalue weighted by Gasteiger charge is 2.17. The molecule has 124 valence electrons. The lowest BCUT2D eigenvalue weighted by Gasteiger charge is -2.15. The van der Waals surface area contributed by atoms with Crippen molar-refractivity contribution in [1.29, 1.82) is 0 Å². The zero-order chi connectivity index (χ0) is 17.4. The van der Waals surface area contributed by atoms with Gasteiger partial charge in [0.2, 0.25) is 0 Å². The summed E-state index contributed by atoms with van der Waals surface area (Å²) in [5.41, 5.74) is 1.56. The van der Waals surface area contributed by atoms with Gasteiger partial charge in [-0.05, 0) is 24.3 Å². The maximum atomic E-state index is 12.7. The molecular weight excluding hydrogens is 340 g/mol. The second kappa shape index (κ2) is 6.03. The van der Waals surface area contributed by atoms with E-state index >= 15 is 0 Å². The number of aromatic nitrogens is 5. The first kappa shape index (κ1) is 15.3. The van der Waals surface area contributed by atoms with Gasteiger partial charge in [0.25, 0.3) is 0 Å². The average molecular weight is 353 g/mol. The lowest BCUT2D eigenvalue weighted by molar-refractivity contribution is 0.756. The third kappa shape index (κ3) is 2.54. The molecule has 2 aromatic heterocycles. The number of nitrogens with one attached hydrogen (secondary N) is 1. The van der Waals surface area contributed by atoms with Crippen LogP contribution in [-0.2, 0) is 0 Å². The minimum absolute atomic E-state index is 0.398. The predicted octanol–water partition coefficient (Wildman–Crippen LogP) is 2.66. The Labute approximate surface area is 147 Å². The molecule has 4 rings (SSSR count).